The van der Waals surface area contributed by atoms with E-state index in [-0.39, 0.29) is 0 Å². The zero-order valence-electron chi connectivity index (χ0n) is 15.4. The van der Waals surface area contributed by atoms with Crippen LogP contribution in [0.15, 0.2) is 109 Å². The van der Waals surface area contributed by atoms with E-state index in [2.05, 4.69) is 116 Å². The molecule has 0 heterocycles. The molecule has 27 heavy (non-hydrogen) atoms. The van der Waals surface area contributed by atoms with Gasteiger partial charge in [0.1, 0.15) is 8.07 Å². The Morgan fingerprint density at radius 3 is 1.15 bits per heavy atom. The minimum absolute atomic E-state index is 1.37. The Kier molecular flexibility index (Phi) is 3.84. The minimum Gasteiger partial charge on any atom is -0.0625 e. The van der Waals surface area contributed by atoms with Crippen molar-refractivity contribution in [2.75, 3.05) is 0 Å². The molecule has 0 spiro atoms. The molecule has 1 aliphatic carbocycles. The van der Waals surface area contributed by atoms with Crippen molar-refractivity contribution in [1.82, 2.24) is 0 Å². The summed E-state index contributed by atoms with van der Waals surface area (Å²) in [5.74, 6) is 0. The van der Waals surface area contributed by atoms with Crippen molar-refractivity contribution < 1.29 is 0 Å². The molecular weight excluding hydrogens is 340 g/mol. The van der Waals surface area contributed by atoms with Crippen molar-refractivity contribution in [3.05, 3.63) is 126 Å². The van der Waals surface area contributed by atoms with Gasteiger partial charge < -0.3 is 0 Å². The van der Waals surface area contributed by atoms with Crippen LogP contribution in [-0.2, 0) is 0 Å². The molecule has 0 atom stereocenters. The van der Waals surface area contributed by atoms with Crippen molar-refractivity contribution in [1.29, 1.82) is 0 Å². The molecular formula is C26H21Si. The standard InChI is InChI=1S/C26H21Si/c1-27(20-12-4-2-5-13-20,21-14-6-3-7-15-21)26-24-18-10-8-16-22(24)23-17-9-11-19-25(23)26/h2-19H,1H3. The Morgan fingerprint density at radius 1 is 0.407 bits per heavy atom. The lowest BCUT2D eigenvalue weighted by molar-refractivity contribution is 1.41. The van der Waals surface area contributed by atoms with Crippen molar-refractivity contribution in [2.24, 2.45) is 0 Å². The predicted molar refractivity (Wildman–Crippen MR) is 117 cm³/mol. The molecule has 0 saturated carbocycles. The first kappa shape index (κ1) is 16.3. The highest BCUT2D eigenvalue weighted by molar-refractivity contribution is 7.06. The summed E-state index contributed by atoms with van der Waals surface area (Å²) in [6.45, 7) is 2.51. The normalized spacial score (nSPS) is 13.2. The summed E-state index contributed by atoms with van der Waals surface area (Å²) in [4.78, 5) is 0. The Balaban J connectivity index is 1.84. The van der Waals surface area contributed by atoms with Gasteiger partial charge in [-0.15, -0.1) is 0 Å². The SMILES string of the molecule is C[Si]([C]1c2ccccc2-c2ccccc21)(c1ccccc1)c1ccccc1. The first-order valence-electron chi connectivity index (χ1n) is 9.48. The van der Waals surface area contributed by atoms with Crippen LogP contribution in [-0.4, -0.2) is 8.07 Å². The van der Waals surface area contributed by atoms with Crippen LogP contribution in [0.2, 0.25) is 6.55 Å². The van der Waals surface area contributed by atoms with Gasteiger partial charge >= 0.3 is 0 Å². The van der Waals surface area contributed by atoms with Gasteiger partial charge in [-0.05, 0) is 22.3 Å². The molecule has 129 valence electrons. The lowest BCUT2D eigenvalue weighted by atomic mass is 10.1. The van der Waals surface area contributed by atoms with Gasteiger partial charge in [-0.2, -0.15) is 0 Å². The maximum Gasteiger partial charge on any atom is 0.131 e. The molecule has 0 amide bonds. The summed E-state index contributed by atoms with van der Waals surface area (Å²) in [5.41, 5.74) is 7.08. The third kappa shape index (κ3) is 2.43. The Hall–Kier alpha value is -2.90. The monoisotopic (exact) mass is 361 g/mol. The largest absolute Gasteiger partial charge is 0.131 e. The summed E-state index contributed by atoms with van der Waals surface area (Å²) in [5, 5.41) is 2.91. The lowest BCUT2D eigenvalue weighted by Gasteiger charge is -2.35. The van der Waals surface area contributed by atoms with Gasteiger partial charge in [-0.3, -0.25) is 0 Å². The number of rotatable bonds is 3. The molecule has 1 heteroatoms. The van der Waals surface area contributed by atoms with E-state index in [1.807, 2.05) is 0 Å². The van der Waals surface area contributed by atoms with E-state index in [1.165, 1.54) is 38.2 Å². The highest BCUT2D eigenvalue weighted by Gasteiger charge is 2.46. The third-order valence-electron chi connectivity index (χ3n) is 5.89. The first-order chi connectivity index (χ1) is 13.3. The van der Waals surface area contributed by atoms with E-state index < -0.39 is 8.07 Å². The van der Waals surface area contributed by atoms with Crippen LogP contribution in [0, 0.1) is 5.54 Å². The number of fused-ring (bicyclic) bond motifs is 3. The zero-order valence-corrected chi connectivity index (χ0v) is 16.4. The van der Waals surface area contributed by atoms with Gasteiger partial charge in [-0.25, -0.2) is 0 Å². The average molecular weight is 362 g/mol. The average Bonchev–Trinajstić information content (AvgIpc) is 3.09. The quantitative estimate of drug-likeness (QED) is 0.447. The van der Waals surface area contributed by atoms with Crippen LogP contribution < -0.4 is 10.4 Å². The van der Waals surface area contributed by atoms with E-state index in [0.717, 1.165) is 0 Å². The maximum atomic E-state index is 2.51. The molecule has 0 bridgehead atoms. The summed E-state index contributed by atoms with van der Waals surface area (Å²) < 4.78 is 0. The molecule has 0 unspecified atom stereocenters. The third-order valence-corrected chi connectivity index (χ3v) is 10.4. The topological polar surface area (TPSA) is 0 Å². The van der Waals surface area contributed by atoms with Crippen LogP contribution >= 0.6 is 0 Å². The molecule has 1 radical (unpaired) electrons. The maximum absolute atomic E-state index is 2.51. The molecule has 5 rings (SSSR count). The summed E-state index contributed by atoms with van der Waals surface area (Å²) >= 11 is 0. The molecule has 0 aromatic heterocycles. The highest BCUT2D eigenvalue weighted by Crippen LogP contribution is 2.47. The molecule has 0 fully saturated rings. The van der Waals surface area contributed by atoms with E-state index >= 15 is 0 Å². The fourth-order valence-electron chi connectivity index (χ4n) is 4.55. The molecule has 0 saturated heterocycles. The zero-order chi connectivity index (χ0) is 18.3. The Bertz CT molecular complexity index is 998. The van der Waals surface area contributed by atoms with E-state index in [0.29, 0.717) is 0 Å². The lowest BCUT2D eigenvalue weighted by Crippen LogP contribution is -2.60. The summed E-state index contributed by atoms with van der Waals surface area (Å²) in [7, 11) is -2.15. The predicted octanol–water partition coefficient (Wildman–Crippen LogP) is 5.07. The second kappa shape index (κ2) is 6.36. The van der Waals surface area contributed by atoms with Gasteiger partial charge in [0.15, 0.2) is 0 Å². The van der Waals surface area contributed by atoms with Crippen molar-refractivity contribution in [3.8, 4) is 11.1 Å². The van der Waals surface area contributed by atoms with E-state index in [4.69, 9.17) is 0 Å². The van der Waals surface area contributed by atoms with Crippen LogP contribution in [0.5, 0.6) is 0 Å². The van der Waals surface area contributed by atoms with Gasteiger partial charge in [0.2, 0.25) is 0 Å². The van der Waals surface area contributed by atoms with Crippen LogP contribution in [0.25, 0.3) is 11.1 Å². The number of hydrogen-bond donors (Lipinski definition) is 0. The molecule has 0 N–H and O–H groups in total. The first-order valence-corrected chi connectivity index (χ1v) is 12.0. The van der Waals surface area contributed by atoms with Gasteiger partial charge in [-0.1, -0.05) is 126 Å². The fourth-order valence-corrected chi connectivity index (χ4v) is 8.70. The number of benzene rings is 4. The van der Waals surface area contributed by atoms with Gasteiger partial charge in [0, 0.05) is 5.54 Å². The molecule has 4 aromatic rings. The molecule has 0 aliphatic heterocycles. The Labute approximate surface area is 162 Å². The van der Waals surface area contributed by atoms with E-state index in [9.17, 15) is 0 Å². The van der Waals surface area contributed by atoms with Gasteiger partial charge in [0.05, 0.1) is 0 Å². The van der Waals surface area contributed by atoms with Gasteiger partial charge in [0.25, 0.3) is 0 Å². The second-order valence-electron chi connectivity index (χ2n) is 7.32. The Morgan fingerprint density at radius 2 is 0.741 bits per heavy atom. The number of hydrogen-bond acceptors (Lipinski definition) is 0. The molecule has 4 aromatic carbocycles. The highest BCUT2D eigenvalue weighted by atomic mass is 28.3. The van der Waals surface area contributed by atoms with Crippen molar-refractivity contribution in [3.63, 3.8) is 0 Å². The minimum atomic E-state index is -2.15. The van der Waals surface area contributed by atoms with Crippen LogP contribution in [0.4, 0.5) is 0 Å². The summed E-state index contributed by atoms with van der Waals surface area (Å²) in [6.07, 6.45) is 0. The van der Waals surface area contributed by atoms with Crippen molar-refractivity contribution in [2.45, 2.75) is 6.55 Å². The second-order valence-corrected chi connectivity index (χ2v) is 11.2. The molecule has 1 aliphatic rings. The summed E-state index contributed by atoms with van der Waals surface area (Å²) in [6, 6.07) is 40.0. The van der Waals surface area contributed by atoms with E-state index in [1.54, 1.807) is 0 Å². The van der Waals surface area contributed by atoms with Crippen LogP contribution in [0.1, 0.15) is 11.1 Å². The molecule has 0 nitrogen and oxygen atoms in total. The van der Waals surface area contributed by atoms with Crippen LogP contribution in [0.3, 0.4) is 0 Å². The smallest absolute Gasteiger partial charge is 0.0625 e. The fraction of sp³-hybridized carbons (Fsp3) is 0.0385. The van der Waals surface area contributed by atoms with Crippen molar-refractivity contribution >= 4 is 18.4 Å².